The Balaban J connectivity index is 1.61. The Bertz CT molecular complexity index is 796. The Kier molecular flexibility index (Phi) is 7.23. The molecule has 28 heavy (non-hydrogen) atoms. The number of carbonyl (C=O) groups excluding carboxylic acids is 2. The molecule has 1 atom stereocenters. The third-order valence-electron chi connectivity index (χ3n) is 5.30. The molecule has 1 unspecified atom stereocenters. The molecule has 5 nitrogen and oxygen atoms in total. The Morgan fingerprint density at radius 2 is 1.82 bits per heavy atom. The molecule has 1 saturated heterocycles. The summed E-state index contributed by atoms with van der Waals surface area (Å²) in [6, 6.07) is 7.97. The highest BCUT2D eigenvalue weighted by molar-refractivity contribution is 7.08. The van der Waals surface area contributed by atoms with E-state index in [2.05, 4.69) is 32.4 Å². The molecule has 3 rings (SSSR count). The van der Waals surface area contributed by atoms with E-state index in [1.165, 1.54) is 31.2 Å². The maximum Gasteiger partial charge on any atom is 0.313 e. The molecule has 0 saturated carbocycles. The van der Waals surface area contributed by atoms with Crippen LogP contribution < -0.4 is 10.6 Å². The minimum Gasteiger partial charge on any atom is -0.346 e. The fourth-order valence-corrected chi connectivity index (χ4v) is 4.44. The summed E-state index contributed by atoms with van der Waals surface area (Å²) in [5, 5.41) is 9.78. The largest absolute Gasteiger partial charge is 0.346 e. The summed E-state index contributed by atoms with van der Waals surface area (Å²) in [5.41, 5.74) is 3.95. The number of hydrogen-bond donors (Lipinski definition) is 2. The van der Waals surface area contributed by atoms with Crippen molar-refractivity contribution in [2.45, 2.75) is 45.6 Å². The van der Waals surface area contributed by atoms with Gasteiger partial charge in [-0.1, -0.05) is 30.5 Å². The molecule has 1 aliphatic heterocycles. The summed E-state index contributed by atoms with van der Waals surface area (Å²) in [6.45, 7) is 6.43. The molecule has 1 aromatic carbocycles. The lowest BCUT2D eigenvalue weighted by molar-refractivity contribution is -0.136. The molecule has 2 aromatic rings. The van der Waals surface area contributed by atoms with E-state index >= 15 is 0 Å². The van der Waals surface area contributed by atoms with Crippen molar-refractivity contribution in [3.8, 4) is 0 Å². The number of carbonyl (C=O) groups is 2. The summed E-state index contributed by atoms with van der Waals surface area (Å²) < 4.78 is 0. The van der Waals surface area contributed by atoms with E-state index in [0.29, 0.717) is 12.2 Å². The second kappa shape index (κ2) is 9.85. The fraction of sp³-hybridized carbons (Fsp3) is 0.455. The summed E-state index contributed by atoms with van der Waals surface area (Å²) in [6.07, 6.45) is 4.89. The number of anilines is 1. The van der Waals surface area contributed by atoms with E-state index in [1.807, 2.05) is 32.0 Å². The molecule has 0 spiro atoms. The maximum absolute atomic E-state index is 12.4. The second-order valence-corrected chi connectivity index (χ2v) is 8.29. The van der Waals surface area contributed by atoms with E-state index < -0.39 is 11.8 Å². The lowest BCUT2D eigenvalue weighted by Gasteiger charge is -2.30. The van der Waals surface area contributed by atoms with Gasteiger partial charge in [-0.15, -0.1) is 0 Å². The van der Waals surface area contributed by atoms with Crippen LogP contribution in [0.2, 0.25) is 0 Å². The predicted molar refractivity (Wildman–Crippen MR) is 115 cm³/mol. The van der Waals surface area contributed by atoms with Crippen molar-refractivity contribution in [2.75, 3.05) is 25.0 Å². The molecular weight excluding hydrogens is 370 g/mol. The van der Waals surface area contributed by atoms with Gasteiger partial charge in [-0.2, -0.15) is 11.3 Å². The molecule has 2 heterocycles. The van der Waals surface area contributed by atoms with Crippen LogP contribution in [0.1, 0.15) is 48.4 Å². The quantitative estimate of drug-likeness (QED) is 0.746. The molecule has 0 aliphatic carbocycles. The summed E-state index contributed by atoms with van der Waals surface area (Å²) >= 11 is 1.66. The number of likely N-dealkylation sites (tertiary alicyclic amines) is 1. The average molecular weight is 400 g/mol. The molecule has 1 aliphatic rings. The van der Waals surface area contributed by atoms with Gasteiger partial charge in [0.25, 0.3) is 0 Å². The molecule has 6 heteroatoms. The minimum atomic E-state index is -0.619. The number of hydrogen-bond acceptors (Lipinski definition) is 4. The first-order chi connectivity index (χ1) is 13.5. The summed E-state index contributed by atoms with van der Waals surface area (Å²) in [5.74, 6) is -1.21. The lowest BCUT2D eigenvalue weighted by Crippen LogP contribution is -2.42. The van der Waals surface area contributed by atoms with Crippen LogP contribution in [0, 0.1) is 13.8 Å². The molecule has 150 valence electrons. The molecule has 2 amide bonds. The van der Waals surface area contributed by atoms with Crippen LogP contribution in [-0.2, 0) is 9.59 Å². The number of benzene rings is 1. The van der Waals surface area contributed by atoms with Gasteiger partial charge >= 0.3 is 11.8 Å². The fourth-order valence-electron chi connectivity index (χ4n) is 3.73. The molecule has 1 fully saturated rings. The second-order valence-electron chi connectivity index (χ2n) is 7.51. The van der Waals surface area contributed by atoms with Crippen molar-refractivity contribution in [2.24, 2.45) is 0 Å². The van der Waals surface area contributed by atoms with E-state index in [1.54, 1.807) is 11.3 Å². The van der Waals surface area contributed by atoms with Gasteiger partial charge in [0.1, 0.15) is 0 Å². The smallest absolute Gasteiger partial charge is 0.313 e. The topological polar surface area (TPSA) is 61.4 Å². The Labute approximate surface area is 171 Å². The third kappa shape index (κ3) is 5.42. The maximum atomic E-state index is 12.4. The molecule has 1 aromatic heterocycles. The molecule has 0 bridgehead atoms. The first-order valence-electron chi connectivity index (χ1n) is 9.97. The monoisotopic (exact) mass is 399 g/mol. The van der Waals surface area contributed by atoms with Crippen molar-refractivity contribution < 1.29 is 9.59 Å². The van der Waals surface area contributed by atoms with Gasteiger partial charge in [0.2, 0.25) is 0 Å². The van der Waals surface area contributed by atoms with Gasteiger partial charge in [-0.05, 0) is 73.8 Å². The van der Waals surface area contributed by atoms with Crippen LogP contribution in [-0.4, -0.2) is 36.3 Å². The van der Waals surface area contributed by atoms with Crippen molar-refractivity contribution in [3.63, 3.8) is 0 Å². The van der Waals surface area contributed by atoms with Crippen LogP contribution in [0.3, 0.4) is 0 Å². The van der Waals surface area contributed by atoms with E-state index in [9.17, 15) is 9.59 Å². The third-order valence-corrected chi connectivity index (χ3v) is 6.00. The number of rotatable bonds is 5. The number of nitrogens with one attached hydrogen (secondary N) is 2. The lowest BCUT2D eigenvalue weighted by atomic mass is 10.1. The van der Waals surface area contributed by atoms with Crippen molar-refractivity contribution in [3.05, 3.63) is 51.7 Å². The summed E-state index contributed by atoms with van der Waals surface area (Å²) in [7, 11) is 0. The number of aryl methyl sites for hydroxylation is 2. The van der Waals surface area contributed by atoms with Crippen LogP contribution in [0.4, 0.5) is 5.69 Å². The van der Waals surface area contributed by atoms with Crippen LogP contribution in [0.5, 0.6) is 0 Å². The minimum absolute atomic E-state index is 0.113. The summed E-state index contributed by atoms with van der Waals surface area (Å²) in [4.78, 5) is 27.2. The first-order valence-corrected chi connectivity index (χ1v) is 10.9. The van der Waals surface area contributed by atoms with Crippen LogP contribution in [0.15, 0.2) is 35.0 Å². The van der Waals surface area contributed by atoms with Gasteiger partial charge in [0.15, 0.2) is 0 Å². The van der Waals surface area contributed by atoms with E-state index in [4.69, 9.17) is 0 Å². The number of nitrogens with zero attached hydrogens (tertiary/aromatic N) is 1. The highest BCUT2D eigenvalue weighted by Crippen LogP contribution is 2.25. The zero-order chi connectivity index (χ0) is 19.9. The highest BCUT2D eigenvalue weighted by atomic mass is 32.1. The Morgan fingerprint density at radius 1 is 1.07 bits per heavy atom. The Morgan fingerprint density at radius 3 is 2.46 bits per heavy atom. The van der Waals surface area contributed by atoms with E-state index in [-0.39, 0.29) is 6.04 Å². The molecule has 0 radical (unpaired) electrons. The zero-order valence-electron chi connectivity index (χ0n) is 16.7. The van der Waals surface area contributed by atoms with Crippen LogP contribution >= 0.6 is 11.3 Å². The predicted octanol–water partition coefficient (Wildman–Crippen LogP) is 4.04. The SMILES string of the molecule is Cc1ccc(NC(=O)C(=O)NCC(c2ccsc2)N2CCCCCC2)c(C)c1. The molecule has 2 N–H and O–H groups in total. The van der Waals surface area contributed by atoms with Gasteiger partial charge < -0.3 is 10.6 Å². The molecular formula is C22H29N3O2S. The van der Waals surface area contributed by atoms with Crippen LogP contribution in [0.25, 0.3) is 0 Å². The van der Waals surface area contributed by atoms with Crippen molar-refractivity contribution in [1.82, 2.24) is 10.2 Å². The van der Waals surface area contributed by atoms with Gasteiger partial charge in [-0.3, -0.25) is 14.5 Å². The van der Waals surface area contributed by atoms with Gasteiger partial charge in [0, 0.05) is 12.2 Å². The van der Waals surface area contributed by atoms with Crippen molar-refractivity contribution >= 4 is 28.8 Å². The number of amides is 2. The average Bonchev–Trinajstić information content (AvgIpc) is 3.07. The first kappa shape index (κ1) is 20.6. The highest BCUT2D eigenvalue weighted by Gasteiger charge is 2.24. The standard InChI is InChI=1S/C22H29N3O2S/c1-16-7-8-19(17(2)13-16)24-22(27)21(26)23-14-20(18-9-12-28-15-18)25-10-5-3-4-6-11-25/h7-9,12-13,15,20H,3-6,10-11,14H2,1-2H3,(H,23,26)(H,24,27). The van der Waals surface area contributed by atoms with E-state index in [0.717, 1.165) is 24.2 Å². The number of thiophene rings is 1. The Hall–Kier alpha value is -2.18. The van der Waals surface area contributed by atoms with Crippen molar-refractivity contribution in [1.29, 1.82) is 0 Å². The van der Waals surface area contributed by atoms with Gasteiger partial charge in [0.05, 0.1) is 6.04 Å². The zero-order valence-corrected chi connectivity index (χ0v) is 17.5. The van der Waals surface area contributed by atoms with Gasteiger partial charge in [-0.25, -0.2) is 0 Å². The normalized spacial score (nSPS) is 16.2.